The highest BCUT2D eigenvalue weighted by Crippen LogP contribution is 2.24. The Bertz CT molecular complexity index is 987. The number of hydrogen-bond acceptors (Lipinski definition) is 5. The van der Waals surface area contributed by atoms with E-state index in [9.17, 15) is 18.0 Å². The summed E-state index contributed by atoms with van der Waals surface area (Å²) in [5, 5.41) is 2.83. The lowest BCUT2D eigenvalue weighted by Gasteiger charge is -2.24. The highest BCUT2D eigenvalue weighted by molar-refractivity contribution is 7.91. The third kappa shape index (κ3) is 3.91. The largest absolute Gasteiger partial charge is 0.366 e. The second-order valence-electron chi connectivity index (χ2n) is 6.76. The van der Waals surface area contributed by atoms with E-state index < -0.39 is 21.3 Å². The Labute approximate surface area is 151 Å². The molecule has 0 radical (unpaired) electrons. The van der Waals surface area contributed by atoms with Gasteiger partial charge >= 0.3 is 0 Å². The number of carbonyl (C=O) groups excluding carboxylic acids is 2. The van der Waals surface area contributed by atoms with Gasteiger partial charge in [-0.3, -0.25) is 14.6 Å². The summed E-state index contributed by atoms with van der Waals surface area (Å²) in [6.45, 7) is 1.74. The summed E-state index contributed by atoms with van der Waals surface area (Å²) in [5.41, 5.74) is 6.55. The summed E-state index contributed by atoms with van der Waals surface area (Å²) < 4.78 is 23.4. The van der Waals surface area contributed by atoms with Crippen LogP contribution in [0.1, 0.15) is 34.1 Å². The first-order valence-electron chi connectivity index (χ1n) is 8.06. The smallest absolute Gasteiger partial charge is 0.251 e. The summed E-state index contributed by atoms with van der Waals surface area (Å²) in [6.07, 6.45) is 3.35. The molecule has 0 unspecified atom stereocenters. The zero-order valence-corrected chi connectivity index (χ0v) is 15.0. The minimum absolute atomic E-state index is 0.0595. The Kier molecular flexibility index (Phi) is 4.53. The number of hydrogen-bond donors (Lipinski definition) is 2. The van der Waals surface area contributed by atoms with E-state index in [0.29, 0.717) is 23.1 Å². The molecule has 0 saturated carbocycles. The van der Waals surface area contributed by atoms with E-state index >= 15 is 0 Å². The molecule has 1 aromatic carbocycles. The third-order valence-corrected chi connectivity index (χ3v) is 6.30. The van der Waals surface area contributed by atoms with E-state index in [1.165, 1.54) is 6.20 Å². The lowest BCUT2D eigenvalue weighted by Crippen LogP contribution is -2.46. The number of pyridine rings is 1. The van der Waals surface area contributed by atoms with Crippen molar-refractivity contribution in [3.63, 3.8) is 0 Å². The average Bonchev–Trinajstić information content (AvgIpc) is 2.88. The van der Waals surface area contributed by atoms with Crippen molar-refractivity contribution < 1.29 is 18.0 Å². The summed E-state index contributed by atoms with van der Waals surface area (Å²) in [5.74, 6) is -0.903. The van der Waals surface area contributed by atoms with Gasteiger partial charge in [0.2, 0.25) is 5.91 Å². The maximum atomic E-state index is 12.6. The molecule has 8 heteroatoms. The molecule has 2 heterocycles. The first-order chi connectivity index (χ1) is 12.2. The maximum Gasteiger partial charge on any atom is 0.251 e. The molecule has 1 aliphatic heterocycles. The minimum Gasteiger partial charge on any atom is -0.366 e. The van der Waals surface area contributed by atoms with Crippen LogP contribution in [0.4, 0.5) is 0 Å². The van der Waals surface area contributed by atoms with Gasteiger partial charge in [-0.2, -0.15) is 0 Å². The van der Waals surface area contributed by atoms with Crippen LogP contribution >= 0.6 is 0 Å². The van der Waals surface area contributed by atoms with Crippen LogP contribution in [0.5, 0.6) is 0 Å². The molecule has 2 aromatic rings. The van der Waals surface area contributed by atoms with Crippen molar-refractivity contribution in [3.05, 3.63) is 53.9 Å². The maximum absolute atomic E-state index is 12.6. The molecule has 3 rings (SSSR count). The molecule has 0 aliphatic carbocycles. The van der Waals surface area contributed by atoms with Gasteiger partial charge in [0.25, 0.3) is 5.91 Å². The number of nitrogens with zero attached hydrogens (tertiary/aromatic N) is 1. The molecule has 1 fully saturated rings. The molecular formula is C18H19N3O4S. The Balaban J connectivity index is 1.84. The minimum atomic E-state index is -3.11. The van der Waals surface area contributed by atoms with Crippen molar-refractivity contribution in [3.8, 4) is 11.1 Å². The number of nitrogens with two attached hydrogens (primary N) is 1. The monoisotopic (exact) mass is 373 g/mol. The number of nitrogens with one attached hydrogen (secondary N) is 1. The number of benzene rings is 1. The number of aromatic nitrogens is 1. The van der Waals surface area contributed by atoms with Crippen molar-refractivity contribution in [1.82, 2.24) is 10.3 Å². The number of amides is 2. The molecule has 3 N–H and O–H groups in total. The van der Waals surface area contributed by atoms with Gasteiger partial charge in [-0.15, -0.1) is 0 Å². The van der Waals surface area contributed by atoms with E-state index in [-0.39, 0.29) is 23.0 Å². The molecule has 0 bridgehead atoms. The van der Waals surface area contributed by atoms with Crippen LogP contribution in [0.25, 0.3) is 11.1 Å². The van der Waals surface area contributed by atoms with E-state index in [0.717, 1.165) is 0 Å². The van der Waals surface area contributed by atoms with Gasteiger partial charge in [0.1, 0.15) is 0 Å². The van der Waals surface area contributed by atoms with Crippen LogP contribution in [0.15, 0.2) is 42.7 Å². The van der Waals surface area contributed by atoms with E-state index in [1.807, 2.05) is 0 Å². The number of sulfone groups is 1. The van der Waals surface area contributed by atoms with Crippen LogP contribution in [0.3, 0.4) is 0 Å². The topological polar surface area (TPSA) is 119 Å². The predicted molar refractivity (Wildman–Crippen MR) is 97.3 cm³/mol. The SMILES string of the molecule is C[C@@]1(NC(=O)c2cccc(-c3cncc(C(N)=O)c3)c2)CCS(=O)(=O)C1. The predicted octanol–water partition coefficient (Wildman–Crippen LogP) is 1.15. The molecule has 1 atom stereocenters. The van der Waals surface area contributed by atoms with Gasteiger partial charge in [0.05, 0.1) is 22.6 Å². The van der Waals surface area contributed by atoms with Crippen LogP contribution in [0, 0.1) is 0 Å². The third-order valence-electron chi connectivity index (χ3n) is 4.40. The molecule has 1 aliphatic rings. The van der Waals surface area contributed by atoms with Crippen LogP contribution in [-0.4, -0.2) is 42.3 Å². The Morgan fingerprint density at radius 2 is 1.88 bits per heavy atom. The van der Waals surface area contributed by atoms with E-state index in [4.69, 9.17) is 5.73 Å². The normalized spacial score (nSPS) is 21.3. The van der Waals surface area contributed by atoms with Crippen molar-refractivity contribution >= 4 is 21.7 Å². The van der Waals surface area contributed by atoms with Crippen LogP contribution in [0.2, 0.25) is 0 Å². The van der Waals surface area contributed by atoms with Crippen LogP contribution < -0.4 is 11.1 Å². The molecule has 136 valence electrons. The van der Waals surface area contributed by atoms with Crippen molar-refractivity contribution in [2.45, 2.75) is 18.9 Å². The summed E-state index contributed by atoms with van der Waals surface area (Å²) in [4.78, 5) is 27.9. The number of carbonyl (C=O) groups is 2. The van der Waals surface area contributed by atoms with Gasteiger partial charge in [-0.1, -0.05) is 12.1 Å². The molecule has 1 aromatic heterocycles. The highest BCUT2D eigenvalue weighted by atomic mass is 32.2. The summed E-state index contributed by atoms with van der Waals surface area (Å²) >= 11 is 0. The zero-order chi connectivity index (χ0) is 18.9. The molecular weight excluding hydrogens is 354 g/mol. The van der Waals surface area contributed by atoms with Gasteiger partial charge in [0.15, 0.2) is 9.84 Å². The molecule has 2 amide bonds. The second-order valence-corrected chi connectivity index (χ2v) is 8.95. The fourth-order valence-corrected chi connectivity index (χ4v) is 5.12. The fourth-order valence-electron chi connectivity index (χ4n) is 3.03. The zero-order valence-electron chi connectivity index (χ0n) is 14.2. The van der Waals surface area contributed by atoms with Crippen molar-refractivity contribution in [2.24, 2.45) is 5.73 Å². The molecule has 26 heavy (non-hydrogen) atoms. The van der Waals surface area contributed by atoms with E-state index in [1.54, 1.807) is 43.5 Å². The average molecular weight is 373 g/mol. The Morgan fingerprint density at radius 3 is 2.54 bits per heavy atom. The standard InChI is InChI=1S/C18H19N3O4S/c1-18(5-6-26(24,25)11-18)21-17(23)13-4-2-3-12(7-13)14-8-15(16(19)22)10-20-9-14/h2-4,7-10H,5-6,11H2,1H3,(H2,19,22)(H,21,23)/t18-/m1/s1. The fraction of sp³-hybridized carbons (Fsp3) is 0.278. The Morgan fingerprint density at radius 1 is 1.15 bits per heavy atom. The quantitative estimate of drug-likeness (QED) is 0.833. The van der Waals surface area contributed by atoms with Crippen LogP contribution in [-0.2, 0) is 9.84 Å². The van der Waals surface area contributed by atoms with E-state index in [2.05, 4.69) is 10.3 Å². The summed E-state index contributed by atoms with van der Waals surface area (Å²) in [6, 6.07) is 8.44. The van der Waals surface area contributed by atoms with Crippen molar-refractivity contribution in [1.29, 1.82) is 0 Å². The van der Waals surface area contributed by atoms with Gasteiger partial charge in [0, 0.05) is 23.5 Å². The molecule has 0 spiro atoms. The molecule has 7 nitrogen and oxygen atoms in total. The lowest BCUT2D eigenvalue weighted by atomic mass is 9.99. The van der Waals surface area contributed by atoms with Crippen molar-refractivity contribution in [2.75, 3.05) is 11.5 Å². The first-order valence-corrected chi connectivity index (χ1v) is 9.88. The van der Waals surface area contributed by atoms with Gasteiger partial charge < -0.3 is 11.1 Å². The second kappa shape index (κ2) is 6.53. The Hall–Kier alpha value is -2.74. The number of primary amides is 1. The van der Waals surface area contributed by atoms with Gasteiger partial charge in [-0.25, -0.2) is 8.42 Å². The molecule has 1 saturated heterocycles. The highest BCUT2D eigenvalue weighted by Gasteiger charge is 2.39. The van der Waals surface area contributed by atoms with Gasteiger partial charge in [-0.05, 0) is 37.1 Å². The summed E-state index contributed by atoms with van der Waals surface area (Å²) in [7, 11) is -3.11. The number of rotatable bonds is 4. The first kappa shape index (κ1) is 18.1. The lowest BCUT2D eigenvalue weighted by molar-refractivity contribution is 0.0914.